The van der Waals surface area contributed by atoms with Crippen molar-refractivity contribution in [3.63, 3.8) is 0 Å². The van der Waals surface area contributed by atoms with E-state index in [4.69, 9.17) is 0 Å². The summed E-state index contributed by atoms with van der Waals surface area (Å²) >= 11 is 0. The Bertz CT molecular complexity index is 4050. The van der Waals surface area contributed by atoms with Gasteiger partial charge in [-0.05, 0) is 155 Å². The number of aromatic nitrogens is 1. The molecule has 71 heavy (non-hydrogen) atoms. The molecule has 1 heterocycles. The second kappa shape index (κ2) is 14.9. The van der Waals surface area contributed by atoms with Crippen LogP contribution in [0.5, 0.6) is 0 Å². The van der Waals surface area contributed by atoms with Gasteiger partial charge in [0, 0.05) is 49.8 Å². The predicted molar refractivity (Wildman–Crippen MR) is 301 cm³/mol. The van der Waals surface area contributed by atoms with Gasteiger partial charge in [-0.1, -0.05) is 193 Å². The van der Waals surface area contributed by atoms with E-state index in [2.05, 4.69) is 269 Å². The van der Waals surface area contributed by atoms with Gasteiger partial charge in [0.2, 0.25) is 0 Å². The second-order valence-electron chi connectivity index (χ2n) is 21.7. The van der Waals surface area contributed by atoms with Crippen LogP contribution in [-0.2, 0) is 16.2 Å². The summed E-state index contributed by atoms with van der Waals surface area (Å²) in [6, 6.07) is 81.9. The first kappa shape index (κ1) is 41.7. The third-order valence-electron chi connectivity index (χ3n) is 16.7. The highest BCUT2D eigenvalue weighted by molar-refractivity contribution is 6.22. The molecule has 2 nitrogen and oxygen atoms in total. The van der Waals surface area contributed by atoms with Crippen LogP contribution in [-0.4, -0.2) is 4.57 Å². The van der Waals surface area contributed by atoms with E-state index in [1.54, 1.807) is 0 Å². The number of fused-ring (bicyclic) bond motifs is 12. The first-order valence-corrected chi connectivity index (χ1v) is 25.3. The van der Waals surface area contributed by atoms with E-state index >= 15 is 0 Å². The van der Waals surface area contributed by atoms with E-state index in [1.165, 1.54) is 110 Å². The van der Waals surface area contributed by atoms with E-state index in [0.717, 1.165) is 22.7 Å². The molecular weight excluding hydrogens is 857 g/mol. The molecule has 10 aromatic carbocycles. The van der Waals surface area contributed by atoms with Crippen molar-refractivity contribution in [1.82, 2.24) is 4.57 Å². The maximum Gasteiger partial charge on any atom is 0.0547 e. The lowest BCUT2D eigenvalue weighted by atomic mass is 9.75. The lowest BCUT2D eigenvalue weighted by Crippen LogP contribution is -2.19. The lowest BCUT2D eigenvalue weighted by Gasteiger charge is -2.29. The van der Waals surface area contributed by atoms with Gasteiger partial charge in [-0.2, -0.15) is 0 Å². The Morgan fingerprint density at radius 1 is 0.324 bits per heavy atom. The Kier molecular flexibility index (Phi) is 8.76. The molecule has 340 valence electrons. The molecule has 14 rings (SSSR count). The van der Waals surface area contributed by atoms with E-state index in [0.29, 0.717) is 0 Å². The summed E-state index contributed by atoms with van der Waals surface area (Å²) in [5, 5.41) is 4.98. The maximum atomic E-state index is 2.48. The third kappa shape index (κ3) is 5.95. The number of rotatable bonds is 6. The smallest absolute Gasteiger partial charge is 0.0547 e. The van der Waals surface area contributed by atoms with Crippen molar-refractivity contribution in [1.29, 1.82) is 0 Å². The van der Waals surface area contributed by atoms with Crippen LogP contribution in [0.25, 0.3) is 82.8 Å². The van der Waals surface area contributed by atoms with Gasteiger partial charge >= 0.3 is 0 Å². The second-order valence-corrected chi connectivity index (χ2v) is 21.7. The van der Waals surface area contributed by atoms with Crippen molar-refractivity contribution >= 4 is 60.8 Å². The summed E-state index contributed by atoms with van der Waals surface area (Å²) in [5.74, 6) is 0. The van der Waals surface area contributed by atoms with Gasteiger partial charge < -0.3 is 9.47 Å². The fourth-order valence-corrected chi connectivity index (χ4v) is 13.3. The molecule has 0 saturated heterocycles. The Labute approximate surface area is 416 Å². The van der Waals surface area contributed by atoms with Crippen LogP contribution in [0, 0.1) is 0 Å². The molecule has 0 unspecified atom stereocenters. The molecule has 11 aromatic rings. The minimum atomic E-state index is -0.141. The summed E-state index contributed by atoms with van der Waals surface area (Å²) in [6.07, 6.45) is 0. The zero-order valence-electron chi connectivity index (χ0n) is 41.2. The maximum absolute atomic E-state index is 2.48. The van der Waals surface area contributed by atoms with Crippen molar-refractivity contribution < 1.29 is 0 Å². The quantitative estimate of drug-likeness (QED) is 0.161. The monoisotopic (exact) mass is 910 g/mol. The molecule has 0 fully saturated rings. The predicted octanol–water partition coefficient (Wildman–Crippen LogP) is 18.5. The number of hydrogen-bond donors (Lipinski definition) is 0. The molecule has 0 aliphatic heterocycles. The molecule has 3 aliphatic rings. The number of anilines is 3. The zero-order chi connectivity index (χ0) is 48.0. The molecule has 0 spiro atoms. The lowest BCUT2D eigenvalue weighted by molar-refractivity contribution is 0.660. The SMILES string of the molecule is CC1(C)C2=C(c3ccccc31)C(C)(C)c1cc(-c3ccc(N(c4ccc5c(c4)C(C)(C)c4ccccc4-5)c4ccc5c(c4)c4c6ccccc6ccc4n5-c4ccc(-c5ccccc5)cc4)cc3)ccc12. The van der Waals surface area contributed by atoms with Gasteiger partial charge in [-0.25, -0.2) is 0 Å². The fraction of sp³-hybridized carbons (Fsp3) is 0.130. The molecule has 1 aromatic heterocycles. The van der Waals surface area contributed by atoms with E-state index in [1.807, 2.05) is 0 Å². The Morgan fingerprint density at radius 3 is 1.61 bits per heavy atom. The van der Waals surface area contributed by atoms with Crippen LogP contribution in [0.2, 0.25) is 0 Å². The van der Waals surface area contributed by atoms with E-state index in [9.17, 15) is 0 Å². The molecule has 0 saturated carbocycles. The van der Waals surface area contributed by atoms with Gasteiger partial charge in [-0.3, -0.25) is 0 Å². The Morgan fingerprint density at radius 2 is 0.831 bits per heavy atom. The van der Waals surface area contributed by atoms with Crippen molar-refractivity contribution in [3.8, 4) is 39.1 Å². The Balaban J connectivity index is 0.921. The third-order valence-corrected chi connectivity index (χ3v) is 16.7. The summed E-state index contributed by atoms with van der Waals surface area (Å²) in [7, 11) is 0. The molecule has 0 atom stereocenters. The summed E-state index contributed by atoms with van der Waals surface area (Å²) < 4.78 is 2.45. The average molecular weight is 911 g/mol. The highest BCUT2D eigenvalue weighted by Crippen LogP contribution is 2.63. The number of allylic oxidation sites excluding steroid dienone is 2. The fourth-order valence-electron chi connectivity index (χ4n) is 13.3. The van der Waals surface area contributed by atoms with Crippen LogP contribution < -0.4 is 4.90 Å². The van der Waals surface area contributed by atoms with Crippen LogP contribution in [0.4, 0.5) is 17.1 Å². The molecule has 0 N–H and O–H groups in total. The van der Waals surface area contributed by atoms with Crippen molar-refractivity contribution in [2.24, 2.45) is 0 Å². The largest absolute Gasteiger partial charge is 0.310 e. The van der Waals surface area contributed by atoms with Crippen molar-refractivity contribution in [2.75, 3.05) is 4.90 Å². The Hall–Kier alpha value is -8.20. The summed E-state index contributed by atoms with van der Waals surface area (Å²) in [6.45, 7) is 14.4. The van der Waals surface area contributed by atoms with Gasteiger partial charge in [0.15, 0.2) is 0 Å². The standard InChI is InChI=1S/C69H54N2/c1-67(2)58-22-14-12-20-53(58)54-37-34-51(42-61(54)67)70(48-30-26-45(27-31-48)47-28-36-56-60(40-47)69(5,6)65-55-21-13-15-23-59(55)68(3,4)66(56)65)50-35-39-62-57(41-50)64-52-19-11-10-18-46(52)29-38-63(64)71(62)49-32-24-44(25-33-49)43-16-8-7-9-17-43/h7-42H,1-6H3. The van der Waals surface area contributed by atoms with Crippen LogP contribution in [0.15, 0.2) is 218 Å². The summed E-state index contributed by atoms with van der Waals surface area (Å²) in [5.41, 5.74) is 25.5. The zero-order valence-corrected chi connectivity index (χ0v) is 41.2. The highest BCUT2D eigenvalue weighted by atomic mass is 15.1. The molecule has 3 aliphatic carbocycles. The van der Waals surface area contributed by atoms with Crippen molar-refractivity contribution in [2.45, 2.75) is 57.8 Å². The summed E-state index contributed by atoms with van der Waals surface area (Å²) in [4.78, 5) is 2.48. The number of hydrogen-bond acceptors (Lipinski definition) is 1. The van der Waals surface area contributed by atoms with Gasteiger partial charge in [0.05, 0.1) is 11.0 Å². The first-order valence-electron chi connectivity index (χ1n) is 25.3. The van der Waals surface area contributed by atoms with E-state index < -0.39 is 0 Å². The number of nitrogens with zero attached hydrogens (tertiary/aromatic N) is 2. The number of benzene rings is 10. The minimum Gasteiger partial charge on any atom is -0.310 e. The molecule has 0 bridgehead atoms. The molecular formula is C69H54N2. The van der Waals surface area contributed by atoms with Crippen LogP contribution in [0.3, 0.4) is 0 Å². The molecule has 0 amide bonds. The molecule has 0 radical (unpaired) electrons. The van der Waals surface area contributed by atoms with Crippen LogP contribution >= 0.6 is 0 Å². The normalized spacial score (nSPS) is 15.5. The highest BCUT2D eigenvalue weighted by Gasteiger charge is 2.49. The van der Waals surface area contributed by atoms with E-state index in [-0.39, 0.29) is 16.2 Å². The minimum absolute atomic E-state index is 0.0458. The first-order chi connectivity index (χ1) is 34.5. The van der Waals surface area contributed by atoms with Crippen molar-refractivity contribution in [3.05, 3.63) is 252 Å². The average Bonchev–Trinajstić information content (AvgIpc) is 4.04. The van der Waals surface area contributed by atoms with Gasteiger partial charge in [-0.15, -0.1) is 0 Å². The topological polar surface area (TPSA) is 8.17 Å². The molecule has 2 heteroatoms. The van der Waals surface area contributed by atoms with Gasteiger partial charge in [0.1, 0.15) is 0 Å². The van der Waals surface area contributed by atoms with Crippen LogP contribution in [0.1, 0.15) is 74.9 Å². The van der Waals surface area contributed by atoms with Gasteiger partial charge in [0.25, 0.3) is 0 Å².